The van der Waals surface area contributed by atoms with E-state index in [-0.39, 0.29) is 5.91 Å². The number of pyridine rings is 1. The fourth-order valence-electron chi connectivity index (χ4n) is 2.36. The van der Waals surface area contributed by atoms with Crippen LogP contribution in [0.15, 0.2) is 48.8 Å². The van der Waals surface area contributed by atoms with E-state index in [1.807, 2.05) is 51.2 Å². The molecule has 1 aromatic carbocycles. The van der Waals surface area contributed by atoms with E-state index in [1.165, 1.54) is 0 Å². The maximum Gasteiger partial charge on any atom is 0.274 e. The average molecular weight is 306 g/mol. The van der Waals surface area contributed by atoms with Crippen molar-refractivity contribution in [2.24, 2.45) is 7.05 Å². The smallest absolute Gasteiger partial charge is 0.274 e. The normalized spacial score (nSPS) is 10.6. The Labute approximate surface area is 135 Å². The number of hydrogen-bond donors (Lipinski definition) is 1. The highest BCUT2D eigenvalue weighted by molar-refractivity contribution is 6.03. The topological polar surface area (TPSA) is 59.8 Å². The Kier molecular flexibility index (Phi) is 3.93. The predicted octanol–water partition coefficient (Wildman–Crippen LogP) is 3.35. The molecule has 5 heteroatoms. The number of carbonyl (C=O) groups is 1. The zero-order valence-corrected chi connectivity index (χ0v) is 13.4. The van der Waals surface area contributed by atoms with Gasteiger partial charge in [0.1, 0.15) is 5.69 Å². The van der Waals surface area contributed by atoms with E-state index >= 15 is 0 Å². The summed E-state index contributed by atoms with van der Waals surface area (Å²) < 4.78 is 1.80. The van der Waals surface area contributed by atoms with Gasteiger partial charge in [-0.25, -0.2) is 0 Å². The first-order valence-corrected chi connectivity index (χ1v) is 7.37. The summed E-state index contributed by atoms with van der Waals surface area (Å²) in [5.74, 6) is -0.213. The Morgan fingerprint density at radius 3 is 2.61 bits per heavy atom. The van der Waals surface area contributed by atoms with Crippen LogP contribution >= 0.6 is 0 Å². The van der Waals surface area contributed by atoms with Crippen molar-refractivity contribution in [1.82, 2.24) is 14.8 Å². The van der Waals surface area contributed by atoms with E-state index in [0.29, 0.717) is 5.69 Å². The molecule has 0 saturated heterocycles. The summed E-state index contributed by atoms with van der Waals surface area (Å²) in [7, 11) is 1.89. The Bertz CT molecular complexity index is 850. The molecule has 0 aliphatic rings. The van der Waals surface area contributed by atoms with Crippen LogP contribution in [0.25, 0.3) is 11.3 Å². The molecule has 1 N–H and O–H groups in total. The summed E-state index contributed by atoms with van der Waals surface area (Å²) in [5.41, 5.74) is 5.20. The van der Waals surface area contributed by atoms with Crippen molar-refractivity contribution in [2.75, 3.05) is 5.32 Å². The molecule has 1 amide bonds. The van der Waals surface area contributed by atoms with Crippen LogP contribution in [0.3, 0.4) is 0 Å². The van der Waals surface area contributed by atoms with Crippen molar-refractivity contribution in [2.45, 2.75) is 13.8 Å². The number of benzene rings is 1. The van der Waals surface area contributed by atoms with E-state index in [9.17, 15) is 4.79 Å². The van der Waals surface area contributed by atoms with E-state index in [2.05, 4.69) is 15.4 Å². The summed E-state index contributed by atoms with van der Waals surface area (Å²) >= 11 is 0. The maximum absolute atomic E-state index is 12.4. The molecule has 0 fully saturated rings. The minimum absolute atomic E-state index is 0.213. The number of aromatic nitrogens is 3. The monoisotopic (exact) mass is 306 g/mol. The highest BCUT2D eigenvalue weighted by Crippen LogP contribution is 2.25. The second-order valence-electron chi connectivity index (χ2n) is 5.54. The van der Waals surface area contributed by atoms with Crippen LogP contribution in [0.2, 0.25) is 0 Å². The van der Waals surface area contributed by atoms with Crippen molar-refractivity contribution >= 4 is 11.6 Å². The van der Waals surface area contributed by atoms with Gasteiger partial charge < -0.3 is 5.32 Å². The van der Waals surface area contributed by atoms with Crippen LogP contribution in [-0.2, 0) is 7.05 Å². The molecule has 0 aliphatic carbocycles. The van der Waals surface area contributed by atoms with Gasteiger partial charge in [0.2, 0.25) is 0 Å². The molecule has 0 atom stereocenters. The Morgan fingerprint density at radius 2 is 1.96 bits per heavy atom. The van der Waals surface area contributed by atoms with E-state index in [4.69, 9.17) is 0 Å². The fraction of sp³-hybridized carbons (Fsp3) is 0.167. The maximum atomic E-state index is 12.4. The fourth-order valence-corrected chi connectivity index (χ4v) is 2.36. The minimum Gasteiger partial charge on any atom is -0.320 e. The summed E-state index contributed by atoms with van der Waals surface area (Å²) in [6.45, 7) is 3.90. The van der Waals surface area contributed by atoms with Crippen LogP contribution in [0.5, 0.6) is 0 Å². The summed E-state index contributed by atoms with van der Waals surface area (Å²) in [5, 5.41) is 7.12. The Morgan fingerprint density at radius 1 is 1.13 bits per heavy atom. The van der Waals surface area contributed by atoms with Gasteiger partial charge in [0.25, 0.3) is 5.91 Å². The molecule has 5 nitrogen and oxygen atoms in total. The number of carbonyl (C=O) groups excluding carboxylic acids is 1. The third-order valence-electron chi connectivity index (χ3n) is 3.75. The molecule has 3 rings (SSSR count). The summed E-state index contributed by atoms with van der Waals surface area (Å²) in [4.78, 5) is 16.5. The lowest BCUT2D eigenvalue weighted by Crippen LogP contribution is -2.14. The molecule has 0 saturated carbocycles. The molecule has 23 heavy (non-hydrogen) atoms. The largest absolute Gasteiger partial charge is 0.320 e. The number of hydrogen-bond acceptors (Lipinski definition) is 3. The molecule has 116 valence electrons. The molecule has 0 aliphatic heterocycles. The van der Waals surface area contributed by atoms with Crippen LogP contribution in [0.4, 0.5) is 5.69 Å². The third-order valence-corrected chi connectivity index (χ3v) is 3.75. The standard InChI is InChI=1S/C18H18N4O/c1-12-4-7-15(19-11-12)18(23)21-16-10-14(6-5-13(16)2)17-8-9-20-22(17)3/h4-11H,1-3H3,(H,21,23). The van der Waals surface area contributed by atoms with Crippen molar-refractivity contribution in [1.29, 1.82) is 0 Å². The quantitative estimate of drug-likeness (QED) is 0.807. The second kappa shape index (κ2) is 6.04. The zero-order valence-electron chi connectivity index (χ0n) is 13.4. The molecular weight excluding hydrogens is 288 g/mol. The van der Waals surface area contributed by atoms with Crippen molar-refractivity contribution in [3.8, 4) is 11.3 Å². The minimum atomic E-state index is -0.213. The van der Waals surface area contributed by atoms with Gasteiger partial charge in [0.15, 0.2) is 0 Å². The van der Waals surface area contributed by atoms with Gasteiger partial charge in [-0.1, -0.05) is 18.2 Å². The van der Waals surface area contributed by atoms with Gasteiger partial charge in [-0.05, 0) is 43.2 Å². The van der Waals surface area contributed by atoms with E-state index < -0.39 is 0 Å². The lowest BCUT2D eigenvalue weighted by atomic mass is 10.1. The molecular formula is C18H18N4O. The van der Waals surface area contributed by atoms with Crippen molar-refractivity contribution < 1.29 is 4.79 Å². The first kappa shape index (κ1) is 15.0. The summed E-state index contributed by atoms with van der Waals surface area (Å²) in [6, 6.07) is 11.5. The Balaban J connectivity index is 1.89. The number of rotatable bonds is 3. The van der Waals surface area contributed by atoms with Crippen LogP contribution in [0.1, 0.15) is 21.6 Å². The van der Waals surface area contributed by atoms with Gasteiger partial charge in [-0.3, -0.25) is 14.5 Å². The van der Waals surface area contributed by atoms with Gasteiger partial charge >= 0.3 is 0 Å². The van der Waals surface area contributed by atoms with Crippen molar-refractivity contribution in [3.05, 3.63) is 65.6 Å². The van der Waals surface area contributed by atoms with Gasteiger partial charge in [0, 0.05) is 30.7 Å². The van der Waals surface area contributed by atoms with Gasteiger partial charge in [-0.2, -0.15) is 5.10 Å². The van der Waals surface area contributed by atoms with Gasteiger partial charge in [-0.15, -0.1) is 0 Å². The highest BCUT2D eigenvalue weighted by Gasteiger charge is 2.11. The molecule has 0 spiro atoms. The number of nitrogens with one attached hydrogen (secondary N) is 1. The molecule has 2 heterocycles. The number of aryl methyl sites for hydroxylation is 3. The zero-order chi connectivity index (χ0) is 16.4. The molecule has 2 aromatic heterocycles. The summed E-state index contributed by atoms with van der Waals surface area (Å²) in [6.07, 6.45) is 3.44. The second-order valence-corrected chi connectivity index (χ2v) is 5.54. The first-order valence-electron chi connectivity index (χ1n) is 7.37. The van der Waals surface area contributed by atoms with Gasteiger partial charge in [0.05, 0.1) is 5.69 Å². The van der Waals surface area contributed by atoms with Crippen LogP contribution in [0, 0.1) is 13.8 Å². The lowest BCUT2D eigenvalue weighted by Gasteiger charge is -2.11. The Hall–Kier alpha value is -2.95. The van der Waals surface area contributed by atoms with Crippen molar-refractivity contribution in [3.63, 3.8) is 0 Å². The number of anilines is 1. The average Bonchev–Trinajstić information content (AvgIpc) is 2.96. The third kappa shape index (κ3) is 3.13. The lowest BCUT2D eigenvalue weighted by molar-refractivity contribution is 0.102. The number of amides is 1. The highest BCUT2D eigenvalue weighted by atomic mass is 16.1. The molecule has 0 unspecified atom stereocenters. The number of nitrogens with zero attached hydrogens (tertiary/aromatic N) is 3. The van der Waals surface area contributed by atoms with Crippen LogP contribution in [-0.4, -0.2) is 20.7 Å². The van der Waals surface area contributed by atoms with E-state index in [1.54, 1.807) is 23.1 Å². The predicted molar refractivity (Wildman–Crippen MR) is 90.3 cm³/mol. The SMILES string of the molecule is Cc1ccc(C(=O)Nc2cc(-c3ccnn3C)ccc2C)nc1. The molecule has 3 aromatic rings. The molecule has 0 bridgehead atoms. The van der Waals surface area contributed by atoms with E-state index in [0.717, 1.165) is 28.1 Å². The first-order chi connectivity index (χ1) is 11.0. The molecule has 0 radical (unpaired) electrons. The van der Waals surface area contributed by atoms with Crippen LogP contribution < -0.4 is 5.32 Å².